The Morgan fingerprint density at radius 1 is 1.03 bits per heavy atom. The number of amides is 1. The van der Waals surface area contributed by atoms with Gasteiger partial charge in [-0.3, -0.25) is 10.1 Å². The summed E-state index contributed by atoms with van der Waals surface area (Å²) in [6.45, 7) is 1.86. The average Bonchev–Trinajstić information content (AvgIpc) is 3.48. The lowest BCUT2D eigenvalue weighted by Gasteiger charge is -2.06. The number of aromatic nitrogens is 4. The molecule has 0 unspecified atom stereocenters. The van der Waals surface area contributed by atoms with Gasteiger partial charge in [0.25, 0.3) is 5.91 Å². The van der Waals surface area contributed by atoms with Gasteiger partial charge in [-0.2, -0.15) is 5.10 Å². The Hall–Kier alpha value is -3.36. The summed E-state index contributed by atoms with van der Waals surface area (Å²) >= 11 is 3.03. The molecule has 4 heterocycles. The van der Waals surface area contributed by atoms with Crippen LogP contribution in [0.3, 0.4) is 0 Å². The van der Waals surface area contributed by atoms with E-state index < -0.39 is 0 Å². The first-order valence-corrected chi connectivity index (χ1v) is 10.7. The topological polar surface area (TPSA) is 72.7 Å². The number of carbonyl (C=O) groups is 1. The number of hydrogen-bond donors (Lipinski definition) is 1. The monoisotopic (exact) mass is 417 g/mol. The molecule has 29 heavy (non-hydrogen) atoms. The minimum absolute atomic E-state index is 0.235. The largest absolute Gasteiger partial charge is 0.298 e. The van der Waals surface area contributed by atoms with E-state index in [2.05, 4.69) is 20.4 Å². The van der Waals surface area contributed by atoms with E-state index in [4.69, 9.17) is 0 Å². The van der Waals surface area contributed by atoms with Gasteiger partial charge in [-0.05, 0) is 36.6 Å². The molecule has 5 aromatic rings. The number of thiazole rings is 1. The smallest absolute Gasteiger partial charge is 0.260 e. The molecule has 0 saturated carbocycles. The summed E-state index contributed by atoms with van der Waals surface area (Å²) in [5.41, 5.74) is 2.97. The summed E-state index contributed by atoms with van der Waals surface area (Å²) in [5, 5.41) is 12.8. The average molecular weight is 418 g/mol. The number of pyridine rings is 1. The number of hydrogen-bond acceptors (Lipinski definition) is 6. The fourth-order valence-electron chi connectivity index (χ4n) is 3.07. The molecule has 8 heteroatoms. The second-order valence-corrected chi connectivity index (χ2v) is 8.19. The number of benzene rings is 1. The van der Waals surface area contributed by atoms with Crippen molar-refractivity contribution in [3.05, 3.63) is 76.7 Å². The van der Waals surface area contributed by atoms with E-state index in [1.54, 1.807) is 22.2 Å². The van der Waals surface area contributed by atoms with Crippen LogP contribution in [0.5, 0.6) is 0 Å². The van der Waals surface area contributed by atoms with Gasteiger partial charge in [-0.1, -0.05) is 24.3 Å². The molecule has 0 aliphatic rings. The molecular formula is C21H15N5OS2. The highest BCUT2D eigenvalue weighted by Crippen LogP contribution is 2.28. The standard InChI is InChI=1S/C21H15N5OS2/c1-13-15(20(27)25-21-24-17(12-29-21)18-7-4-10-28-18)11-22-26(13)19-9-8-14-5-2-3-6-16(14)23-19/h2-12H,1H3,(H,24,25,27). The van der Waals surface area contributed by atoms with Crippen LogP contribution in [0.1, 0.15) is 16.1 Å². The first-order valence-electron chi connectivity index (χ1n) is 8.90. The van der Waals surface area contributed by atoms with Crippen molar-refractivity contribution < 1.29 is 4.79 Å². The Bertz CT molecular complexity index is 1320. The van der Waals surface area contributed by atoms with Crippen molar-refractivity contribution in [2.24, 2.45) is 0 Å². The lowest BCUT2D eigenvalue weighted by atomic mass is 10.2. The summed E-state index contributed by atoms with van der Waals surface area (Å²) in [6.07, 6.45) is 1.56. The summed E-state index contributed by atoms with van der Waals surface area (Å²) in [6, 6.07) is 15.8. The van der Waals surface area contributed by atoms with E-state index in [1.165, 1.54) is 11.3 Å². The van der Waals surface area contributed by atoms with Crippen molar-refractivity contribution in [2.75, 3.05) is 5.32 Å². The third-order valence-electron chi connectivity index (χ3n) is 4.55. The second kappa shape index (κ2) is 7.23. The number of anilines is 1. The fourth-order valence-corrected chi connectivity index (χ4v) is 4.54. The minimum Gasteiger partial charge on any atom is -0.298 e. The summed E-state index contributed by atoms with van der Waals surface area (Å²) in [7, 11) is 0. The summed E-state index contributed by atoms with van der Waals surface area (Å²) < 4.78 is 1.68. The highest BCUT2D eigenvalue weighted by Gasteiger charge is 2.17. The number of nitrogens with one attached hydrogen (secondary N) is 1. The lowest BCUT2D eigenvalue weighted by Crippen LogP contribution is -2.13. The Morgan fingerprint density at radius 3 is 2.79 bits per heavy atom. The van der Waals surface area contributed by atoms with E-state index in [1.807, 2.05) is 66.2 Å². The van der Waals surface area contributed by atoms with Crippen molar-refractivity contribution >= 4 is 44.6 Å². The first-order chi connectivity index (χ1) is 14.2. The molecule has 0 fully saturated rings. The van der Waals surface area contributed by atoms with E-state index in [0.717, 1.165) is 27.2 Å². The molecule has 1 aromatic carbocycles. The van der Waals surface area contributed by atoms with Crippen LogP contribution >= 0.6 is 22.7 Å². The molecule has 4 aromatic heterocycles. The quantitative estimate of drug-likeness (QED) is 0.438. The lowest BCUT2D eigenvalue weighted by molar-refractivity contribution is 0.102. The fraction of sp³-hybridized carbons (Fsp3) is 0.0476. The highest BCUT2D eigenvalue weighted by molar-refractivity contribution is 7.16. The minimum atomic E-state index is -0.235. The molecule has 0 atom stereocenters. The maximum absolute atomic E-state index is 12.8. The normalized spacial score (nSPS) is 11.1. The Morgan fingerprint density at radius 2 is 1.93 bits per heavy atom. The Kier molecular flexibility index (Phi) is 4.42. The molecule has 0 bridgehead atoms. The van der Waals surface area contributed by atoms with Crippen molar-refractivity contribution in [1.82, 2.24) is 19.7 Å². The molecule has 0 radical (unpaired) electrons. The maximum Gasteiger partial charge on any atom is 0.260 e. The van der Waals surface area contributed by atoms with Gasteiger partial charge in [0.1, 0.15) is 0 Å². The van der Waals surface area contributed by atoms with Crippen molar-refractivity contribution in [2.45, 2.75) is 6.92 Å². The molecule has 1 N–H and O–H groups in total. The SMILES string of the molecule is Cc1c(C(=O)Nc2nc(-c3cccs3)cs2)cnn1-c1ccc2ccccc2n1. The van der Waals surface area contributed by atoms with Crippen LogP contribution in [0.4, 0.5) is 5.13 Å². The van der Waals surface area contributed by atoms with Gasteiger partial charge in [0, 0.05) is 10.8 Å². The van der Waals surface area contributed by atoms with Crippen LogP contribution in [0.15, 0.2) is 65.5 Å². The number of carbonyl (C=O) groups excluding carboxylic acids is 1. The molecule has 0 aliphatic carbocycles. The van der Waals surface area contributed by atoms with Crippen LogP contribution in [-0.4, -0.2) is 25.7 Å². The van der Waals surface area contributed by atoms with Gasteiger partial charge in [0.15, 0.2) is 10.9 Å². The van der Waals surface area contributed by atoms with Gasteiger partial charge in [0.05, 0.1) is 33.5 Å². The molecular weight excluding hydrogens is 402 g/mol. The number of rotatable bonds is 4. The molecule has 0 saturated heterocycles. The zero-order chi connectivity index (χ0) is 19.8. The third kappa shape index (κ3) is 3.32. The summed E-state index contributed by atoms with van der Waals surface area (Å²) in [5.74, 6) is 0.441. The van der Waals surface area contributed by atoms with Gasteiger partial charge in [0.2, 0.25) is 0 Å². The van der Waals surface area contributed by atoms with E-state index in [-0.39, 0.29) is 5.91 Å². The van der Waals surface area contributed by atoms with Gasteiger partial charge < -0.3 is 0 Å². The van der Waals surface area contributed by atoms with E-state index >= 15 is 0 Å². The third-order valence-corrected chi connectivity index (χ3v) is 6.20. The zero-order valence-corrected chi connectivity index (χ0v) is 17.0. The maximum atomic E-state index is 12.8. The predicted molar refractivity (Wildman–Crippen MR) is 117 cm³/mol. The molecule has 142 valence electrons. The van der Waals surface area contributed by atoms with Crippen LogP contribution in [0, 0.1) is 6.92 Å². The number of thiophene rings is 1. The highest BCUT2D eigenvalue weighted by atomic mass is 32.1. The van der Waals surface area contributed by atoms with Crippen molar-refractivity contribution in [3.63, 3.8) is 0 Å². The van der Waals surface area contributed by atoms with Gasteiger partial charge in [-0.15, -0.1) is 22.7 Å². The van der Waals surface area contributed by atoms with Crippen molar-refractivity contribution in [3.8, 4) is 16.4 Å². The first kappa shape index (κ1) is 17.7. The van der Waals surface area contributed by atoms with Crippen LogP contribution < -0.4 is 5.32 Å². The van der Waals surface area contributed by atoms with Gasteiger partial charge in [-0.25, -0.2) is 14.6 Å². The molecule has 1 amide bonds. The molecule has 6 nitrogen and oxygen atoms in total. The molecule has 5 rings (SSSR count). The number of nitrogens with zero attached hydrogens (tertiary/aromatic N) is 4. The van der Waals surface area contributed by atoms with E-state index in [0.29, 0.717) is 16.5 Å². The second-order valence-electron chi connectivity index (χ2n) is 6.39. The van der Waals surface area contributed by atoms with Crippen LogP contribution in [0.25, 0.3) is 27.3 Å². The number of fused-ring (bicyclic) bond motifs is 1. The van der Waals surface area contributed by atoms with Crippen LogP contribution in [-0.2, 0) is 0 Å². The Labute approximate surface area is 174 Å². The Balaban J connectivity index is 1.40. The zero-order valence-electron chi connectivity index (χ0n) is 15.4. The summed E-state index contributed by atoms with van der Waals surface area (Å²) in [4.78, 5) is 23.0. The molecule has 0 spiro atoms. The number of para-hydroxylation sites is 1. The van der Waals surface area contributed by atoms with E-state index in [9.17, 15) is 4.79 Å². The van der Waals surface area contributed by atoms with Crippen molar-refractivity contribution in [1.29, 1.82) is 0 Å². The van der Waals surface area contributed by atoms with Gasteiger partial charge >= 0.3 is 0 Å². The molecule has 0 aliphatic heterocycles. The van der Waals surface area contributed by atoms with Crippen LogP contribution in [0.2, 0.25) is 0 Å². The predicted octanol–water partition coefficient (Wildman–Crippen LogP) is 5.17.